The Morgan fingerprint density at radius 2 is 1.86 bits per heavy atom. The van der Waals surface area contributed by atoms with Crippen molar-refractivity contribution < 1.29 is 15.0 Å². The Bertz CT molecular complexity index is 475. The Morgan fingerprint density at radius 3 is 2.48 bits per heavy atom. The van der Waals surface area contributed by atoms with Crippen molar-refractivity contribution in [2.24, 2.45) is 0 Å². The summed E-state index contributed by atoms with van der Waals surface area (Å²) in [5.41, 5.74) is 0.869. The van der Waals surface area contributed by atoms with Gasteiger partial charge in [0.25, 0.3) is 0 Å². The Hall–Kier alpha value is -1.81. The van der Waals surface area contributed by atoms with E-state index in [0.29, 0.717) is 6.54 Å². The topological polar surface area (TPSA) is 60.8 Å². The number of phenols is 1. The van der Waals surface area contributed by atoms with Crippen molar-refractivity contribution in [2.75, 3.05) is 13.2 Å². The minimum atomic E-state index is -0.0518. The van der Waals surface area contributed by atoms with Crippen LogP contribution in [0.1, 0.15) is 37.7 Å². The summed E-state index contributed by atoms with van der Waals surface area (Å²) >= 11 is 0. The largest absolute Gasteiger partial charge is 0.508 e. The van der Waals surface area contributed by atoms with Crippen LogP contribution in [0.25, 0.3) is 6.08 Å². The van der Waals surface area contributed by atoms with Crippen LogP contribution in [0, 0.1) is 0 Å². The third kappa shape index (κ3) is 4.60. The van der Waals surface area contributed by atoms with E-state index in [1.807, 2.05) is 0 Å². The maximum Gasteiger partial charge on any atom is 0.246 e. The highest BCUT2D eigenvalue weighted by Crippen LogP contribution is 2.23. The first kappa shape index (κ1) is 15.6. The molecule has 1 aliphatic rings. The molecule has 1 aromatic carbocycles. The molecule has 1 aromatic rings. The Balaban J connectivity index is 2.01. The molecule has 0 atom stereocenters. The zero-order valence-corrected chi connectivity index (χ0v) is 12.2. The first-order chi connectivity index (χ1) is 10.2. The van der Waals surface area contributed by atoms with Crippen LogP contribution in [0.3, 0.4) is 0 Å². The molecular formula is C17H23NO3. The standard InChI is InChI=1S/C17H23NO3/c19-13-12-18(15-4-2-1-3-5-15)17(21)11-8-14-6-9-16(20)10-7-14/h6-11,15,19-20H,1-5,12-13H2. The average Bonchev–Trinajstić information content (AvgIpc) is 2.52. The van der Waals surface area contributed by atoms with E-state index in [0.717, 1.165) is 31.2 Å². The molecule has 0 aromatic heterocycles. The van der Waals surface area contributed by atoms with Crippen molar-refractivity contribution >= 4 is 12.0 Å². The SMILES string of the molecule is O=C(C=Cc1ccc(O)cc1)N(CCO)C1CCCCC1. The second-order valence-corrected chi connectivity index (χ2v) is 5.47. The van der Waals surface area contributed by atoms with Crippen LogP contribution in [0.15, 0.2) is 30.3 Å². The van der Waals surface area contributed by atoms with Crippen LogP contribution in [0.5, 0.6) is 5.75 Å². The fourth-order valence-electron chi connectivity index (χ4n) is 2.82. The summed E-state index contributed by atoms with van der Waals surface area (Å²) in [7, 11) is 0. The monoisotopic (exact) mass is 289 g/mol. The summed E-state index contributed by atoms with van der Waals surface area (Å²) in [6.07, 6.45) is 8.90. The third-order valence-corrected chi connectivity index (χ3v) is 3.95. The van der Waals surface area contributed by atoms with Crippen LogP contribution < -0.4 is 0 Å². The van der Waals surface area contributed by atoms with Gasteiger partial charge in [0.2, 0.25) is 5.91 Å². The minimum absolute atomic E-state index is 0.00467. The summed E-state index contributed by atoms with van der Waals surface area (Å²) in [6.45, 7) is 0.388. The fourth-order valence-corrected chi connectivity index (χ4v) is 2.82. The van der Waals surface area contributed by atoms with E-state index in [9.17, 15) is 15.0 Å². The van der Waals surface area contributed by atoms with Gasteiger partial charge in [0.1, 0.15) is 5.75 Å². The first-order valence-corrected chi connectivity index (χ1v) is 7.59. The number of carbonyl (C=O) groups is 1. The van der Waals surface area contributed by atoms with Crippen LogP contribution in [-0.2, 0) is 4.79 Å². The van der Waals surface area contributed by atoms with Gasteiger partial charge in [-0.15, -0.1) is 0 Å². The zero-order chi connectivity index (χ0) is 15.1. The predicted octanol–water partition coefficient (Wildman–Crippen LogP) is 2.56. The average molecular weight is 289 g/mol. The number of carbonyl (C=O) groups excluding carboxylic acids is 1. The summed E-state index contributed by atoms with van der Waals surface area (Å²) in [5.74, 6) is 0.159. The fraction of sp³-hybridized carbons (Fsp3) is 0.471. The lowest BCUT2D eigenvalue weighted by atomic mass is 9.94. The molecular weight excluding hydrogens is 266 g/mol. The Labute approximate surface area is 125 Å². The van der Waals surface area contributed by atoms with Gasteiger partial charge in [0.15, 0.2) is 0 Å². The first-order valence-electron chi connectivity index (χ1n) is 7.59. The van der Waals surface area contributed by atoms with Gasteiger partial charge >= 0.3 is 0 Å². The summed E-state index contributed by atoms with van der Waals surface area (Å²) < 4.78 is 0. The molecule has 0 bridgehead atoms. The van der Waals surface area contributed by atoms with Crippen molar-refractivity contribution in [3.63, 3.8) is 0 Å². The van der Waals surface area contributed by atoms with Crippen molar-refractivity contribution in [3.05, 3.63) is 35.9 Å². The van der Waals surface area contributed by atoms with E-state index < -0.39 is 0 Å². The molecule has 0 spiro atoms. The van der Waals surface area contributed by atoms with Crippen molar-refractivity contribution in [1.82, 2.24) is 4.90 Å². The molecule has 1 fully saturated rings. The maximum atomic E-state index is 12.4. The van der Waals surface area contributed by atoms with Crippen molar-refractivity contribution in [2.45, 2.75) is 38.1 Å². The molecule has 4 heteroatoms. The highest BCUT2D eigenvalue weighted by molar-refractivity contribution is 5.92. The van der Waals surface area contributed by atoms with Gasteiger partial charge in [-0.05, 0) is 36.6 Å². The summed E-state index contributed by atoms with van der Waals surface area (Å²) in [5, 5.41) is 18.4. The second-order valence-electron chi connectivity index (χ2n) is 5.47. The van der Waals surface area contributed by atoms with Gasteiger partial charge in [-0.25, -0.2) is 0 Å². The smallest absolute Gasteiger partial charge is 0.246 e. The van der Waals surface area contributed by atoms with Gasteiger partial charge in [0, 0.05) is 18.7 Å². The van der Waals surface area contributed by atoms with Crippen LogP contribution in [0.4, 0.5) is 0 Å². The molecule has 0 radical (unpaired) electrons. The molecule has 0 aliphatic heterocycles. The van der Waals surface area contributed by atoms with Gasteiger partial charge in [-0.3, -0.25) is 4.79 Å². The molecule has 1 saturated carbocycles. The maximum absolute atomic E-state index is 12.4. The number of aromatic hydroxyl groups is 1. The number of aliphatic hydroxyl groups excluding tert-OH is 1. The van der Waals surface area contributed by atoms with Gasteiger partial charge in [-0.2, -0.15) is 0 Å². The highest BCUT2D eigenvalue weighted by Gasteiger charge is 2.23. The van der Waals surface area contributed by atoms with Gasteiger partial charge < -0.3 is 15.1 Å². The number of hydrogen-bond acceptors (Lipinski definition) is 3. The molecule has 4 nitrogen and oxygen atoms in total. The normalized spacial score (nSPS) is 16.2. The van der Waals surface area contributed by atoms with E-state index in [1.165, 1.54) is 6.42 Å². The molecule has 21 heavy (non-hydrogen) atoms. The molecule has 1 aliphatic carbocycles. The summed E-state index contributed by atoms with van der Waals surface area (Å²) in [6, 6.07) is 6.96. The predicted molar refractivity (Wildman–Crippen MR) is 82.8 cm³/mol. The lowest BCUT2D eigenvalue weighted by Gasteiger charge is -2.33. The van der Waals surface area contributed by atoms with Crippen LogP contribution in [-0.4, -0.2) is 40.2 Å². The number of aliphatic hydroxyl groups is 1. The Morgan fingerprint density at radius 1 is 1.19 bits per heavy atom. The highest BCUT2D eigenvalue weighted by atomic mass is 16.3. The van der Waals surface area contributed by atoms with Gasteiger partial charge in [0.05, 0.1) is 6.61 Å². The van der Waals surface area contributed by atoms with Gasteiger partial charge in [-0.1, -0.05) is 31.4 Å². The van der Waals surface area contributed by atoms with E-state index in [-0.39, 0.29) is 24.3 Å². The number of benzene rings is 1. The number of amides is 1. The molecule has 1 amide bonds. The number of rotatable bonds is 5. The van der Waals surface area contributed by atoms with E-state index >= 15 is 0 Å². The number of hydrogen-bond donors (Lipinski definition) is 2. The lowest BCUT2D eigenvalue weighted by Crippen LogP contribution is -2.42. The quantitative estimate of drug-likeness (QED) is 0.819. The van der Waals surface area contributed by atoms with Crippen LogP contribution in [0.2, 0.25) is 0 Å². The summed E-state index contributed by atoms with van der Waals surface area (Å²) in [4.78, 5) is 14.1. The molecule has 0 unspecified atom stereocenters. The molecule has 2 N–H and O–H groups in total. The number of phenolic OH excluding ortho intramolecular Hbond substituents is 1. The van der Waals surface area contributed by atoms with E-state index in [1.54, 1.807) is 41.3 Å². The van der Waals surface area contributed by atoms with Crippen molar-refractivity contribution in [3.8, 4) is 5.75 Å². The second kappa shape index (κ2) is 7.84. The lowest BCUT2D eigenvalue weighted by molar-refractivity contribution is -0.129. The van der Waals surface area contributed by atoms with Crippen LogP contribution >= 0.6 is 0 Å². The molecule has 0 heterocycles. The minimum Gasteiger partial charge on any atom is -0.508 e. The van der Waals surface area contributed by atoms with E-state index in [4.69, 9.17) is 0 Å². The number of nitrogens with zero attached hydrogens (tertiary/aromatic N) is 1. The Kier molecular flexibility index (Phi) is 5.81. The van der Waals surface area contributed by atoms with E-state index in [2.05, 4.69) is 0 Å². The van der Waals surface area contributed by atoms with Crippen molar-refractivity contribution in [1.29, 1.82) is 0 Å². The molecule has 0 saturated heterocycles. The third-order valence-electron chi connectivity index (χ3n) is 3.95. The molecule has 114 valence electrons. The zero-order valence-electron chi connectivity index (χ0n) is 12.2. The molecule has 2 rings (SSSR count).